The summed E-state index contributed by atoms with van der Waals surface area (Å²) in [6.07, 6.45) is 0. The zero-order valence-corrected chi connectivity index (χ0v) is 17.5. The van der Waals surface area contributed by atoms with Crippen LogP contribution in [-0.4, -0.2) is 57.7 Å². The third-order valence-electron chi connectivity index (χ3n) is 4.52. The van der Waals surface area contributed by atoms with Crippen molar-refractivity contribution in [3.8, 4) is 5.75 Å². The first-order valence-electron chi connectivity index (χ1n) is 9.43. The van der Waals surface area contributed by atoms with Gasteiger partial charge in [-0.25, -0.2) is 4.79 Å². The highest BCUT2D eigenvalue weighted by molar-refractivity contribution is 5.73. The highest BCUT2D eigenvalue weighted by Gasteiger charge is 2.15. The predicted octanol–water partition coefficient (Wildman–Crippen LogP) is 2.86. The van der Waals surface area contributed by atoms with E-state index in [-0.39, 0.29) is 12.1 Å². The Morgan fingerprint density at radius 3 is 2.29 bits per heavy atom. The second-order valence-corrected chi connectivity index (χ2v) is 7.37. The van der Waals surface area contributed by atoms with Crippen molar-refractivity contribution in [3.63, 3.8) is 0 Å². The van der Waals surface area contributed by atoms with Gasteiger partial charge in [-0.05, 0) is 57.0 Å². The van der Waals surface area contributed by atoms with Gasteiger partial charge < -0.3 is 25.2 Å². The summed E-state index contributed by atoms with van der Waals surface area (Å²) < 4.78 is 5.22. The van der Waals surface area contributed by atoms with Crippen LogP contribution in [0.5, 0.6) is 5.75 Å². The number of amides is 2. The first-order chi connectivity index (χ1) is 13.4. The number of rotatable bonds is 9. The Kier molecular flexibility index (Phi) is 8.29. The van der Waals surface area contributed by atoms with E-state index in [0.29, 0.717) is 13.1 Å². The molecule has 0 radical (unpaired) electrons. The summed E-state index contributed by atoms with van der Waals surface area (Å²) in [6.45, 7) is 1.90. The van der Waals surface area contributed by atoms with Crippen LogP contribution in [0.4, 0.5) is 4.79 Å². The molecule has 0 saturated carbocycles. The van der Waals surface area contributed by atoms with Crippen molar-refractivity contribution in [2.24, 2.45) is 0 Å². The van der Waals surface area contributed by atoms with E-state index in [9.17, 15) is 4.79 Å². The summed E-state index contributed by atoms with van der Waals surface area (Å²) >= 11 is 0. The van der Waals surface area contributed by atoms with Crippen molar-refractivity contribution in [2.75, 3.05) is 41.8 Å². The van der Waals surface area contributed by atoms with Crippen LogP contribution in [0.25, 0.3) is 0 Å². The van der Waals surface area contributed by atoms with Crippen LogP contribution in [0.3, 0.4) is 0 Å². The molecule has 0 saturated heterocycles. The van der Waals surface area contributed by atoms with Crippen LogP contribution in [0.15, 0.2) is 48.5 Å². The fourth-order valence-electron chi connectivity index (χ4n) is 3.06. The van der Waals surface area contributed by atoms with Gasteiger partial charge in [0.15, 0.2) is 0 Å². The van der Waals surface area contributed by atoms with Gasteiger partial charge in [0.2, 0.25) is 0 Å². The molecule has 152 valence electrons. The molecule has 0 aromatic heterocycles. The molecule has 0 heterocycles. The number of benzene rings is 2. The smallest absolute Gasteiger partial charge is 0.315 e. The van der Waals surface area contributed by atoms with E-state index in [0.717, 1.165) is 23.4 Å². The maximum Gasteiger partial charge on any atom is 0.315 e. The van der Waals surface area contributed by atoms with Gasteiger partial charge in [-0.1, -0.05) is 36.4 Å². The van der Waals surface area contributed by atoms with Crippen molar-refractivity contribution < 1.29 is 9.53 Å². The fourth-order valence-corrected chi connectivity index (χ4v) is 3.06. The van der Waals surface area contributed by atoms with Crippen LogP contribution in [0.1, 0.15) is 22.7 Å². The van der Waals surface area contributed by atoms with Gasteiger partial charge >= 0.3 is 6.03 Å². The van der Waals surface area contributed by atoms with Crippen LogP contribution in [0, 0.1) is 0 Å². The van der Waals surface area contributed by atoms with Crippen LogP contribution in [-0.2, 0) is 13.1 Å². The molecule has 0 fully saturated rings. The monoisotopic (exact) mass is 384 g/mol. The second kappa shape index (κ2) is 10.7. The first-order valence-corrected chi connectivity index (χ1v) is 9.43. The topological polar surface area (TPSA) is 56.8 Å². The Balaban J connectivity index is 1.87. The summed E-state index contributed by atoms with van der Waals surface area (Å²) in [5, 5.41) is 5.92. The number of ether oxygens (including phenoxy) is 1. The Morgan fingerprint density at radius 1 is 1.00 bits per heavy atom. The minimum atomic E-state index is -0.168. The molecule has 2 amide bonds. The molecule has 6 nitrogen and oxygen atoms in total. The molecular weight excluding hydrogens is 352 g/mol. The number of carbonyl (C=O) groups excluding carboxylic acids is 1. The maximum absolute atomic E-state index is 12.3. The minimum Gasteiger partial charge on any atom is -0.497 e. The molecule has 28 heavy (non-hydrogen) atoms. The second-order valence-electron chi connectivity index (χ2n) is 7.37. The standard InChI is InChI=1S/C22H32N4O2/c1-25(2)16-18-8-6-7-17(13-18)14-23-22(27)24-15-21(26(3)4)19-9-11-20(28-5)12-10-19/h6-13,21H,14-16H2,1-5H3,(H2,23,24,27). The van der Waals surface area contributed by atoms with Gasteiger partial charge in [0.25, 0.3) is 0 Å². The van der Waals surface area contributed by atoms with E-state index in [1.807, 2.05) is 64.6 Å². The van der Waals surface area contributed by atoms with E-state index in [2.05, 4.69) is 32.6 Å². The lowest BCUT2D eigenvalue weighted by Gasteiger charge is -2.25. The SMILES string of the molecule is COc1ccc(C(CNC(=O)NCc2cccc(CN(C)C)c2)N(C)C)cc1. The molecule has 2 aromatic rings. The molecule has 2 rings (SSSR count). The molecule has 0 aliphatic carbocycles. The van der Waals surface area contributed by atoms with Gasteiger partial charge in [-0.3, -0.25) is 0 Å². The first kappa shape index (κ1) is 21.7. The third kappa shape index (κ3) is 6.87. The quantitative estimate of drug-likeness (QED) is 0.698. The van der Waals surface area contributed by atoms with E-state index in [4.69, 9.17) is 4.74 Å². The van der Waals surface area contributed by atoms with Gasteiger partial charge in [-0.2, -0.15) is 0 Å². The van der Waals surface area contributed by atoms with E-state index in [1.54, 1.807) is 7.11 Å². The third-order valence-corrected chi connectivity index (χ3v) is 4.52. The Hall–Kier alpha value is -2.57. The normalized spacial score (nSPS) is 12.1. The molecule has 0 spiro atoms. The van der Waals surface area contributed by atoms with E-state index < -0.39 is 0 Å². The zero-order valence-electron chi connectivity index (χ0n) is 17.5. The lowest BCUT2D eigenvalue weighted by molar-refractivity contribution is 0.232. The van der Waals surface area contributed by atoms with Crippen molar-refractivity contribution in [1.29, 1.82) is 0 Å². The lowest BCUT2D eigenvalue weighted by atomic mass is 10.1. The maximum atomic E-state index is 12.3. The number of carbonyl (C=O) groups is 1. The molecule has 0 aliphatic rings. The van der Waals surface area contributed by atoms with Crippen molar-refractivity contribution in [2.45, 2.75) is 19.1 Å². The summed E-state index contributed by atoms with van der Waals surface area (Å²) in [4.78, 5) is 16.5. The summed E-state index contributed by atoms with van der Waals surface area (Å²) in [5.41, 5.74) is 3.45. The van der Waals surface area contributed by atoms with Crippen LogP contribution in [0.2, 0.25) is 0 Å². The van der Waals surface area contributed by atoms with Crippen LogP contribution < -0.4 is 15.4 Å². The fraction of sp³-hybridized carbons (Fsp3) is 0.409. The number of hydrogen-bond donors (Lipinski definition) is 2. The number of urea groups is 1. The van der Waals surface area contributed by atoms with E-state index in [1.165, 1.54) is 5.56 Å². The molecule has 2 N–H and O–H groups in total. The molecule has 1 atom stereocenters. The highest BCUT2D eigenvalue weighted by atomic mass is 16.5. The average Bonchev–Trinajstić information content (AvgIpc) is 2.66. The number of nitrogens with zero attached hydrogens (tertiary/aromatic N) is 2. The highest BCUT2D eigenvalue weighted by Crippen LogP contribution is 2.20. The average molecular weight is 385 g/mol. The zero-order chi connectivity index (χ0) is 20.5. The number of nitrogens with one attached hydrogen (secondary N) is 2. The molecular formula is C22H32N4O2. The Morgan fingerprint density at radius 2 is 1.68 bits per heavy atom. The Labute approximate surface area is 168 Å². The molecule has 2 aromatic carbocycles. The summed E-state index contributed by atoms with van der Waals surface area (Å²) in [5.74, 6) is 0.823. The molecule has 6 heteroatoms. The van der Waals surface area contributed by atoms with Crippen molar-refractivity contribution >= 4 is 6.03 Å². The molecule has 1 unspecified atom stereocenters. The van der Waals surface area contributed by atoms with Crippen LogP contribution >= 0.6 is 0 Å². The van der Waals surface area contributed by atoms with E-state index >= 15 is 0 Å². The summed E-state index contributed by atoms with van der Waals surface area (Å²) in [6, 6.07) is 16.1. The number of hydrogen-bond acceptors (Lipinski definition) is 4. The van der Waals surface area contributed by atoms with Gasteiger partial charge in [-0.15, -0.1) is 0 Å². The largest absolute Gasteiger partial charge is 0.497 e. The van der Waals surface area contributed by atoms with Gasteiger partial charge in [0.05, 0.1) is 13.2 Å². The van der Waals surface area contributed by atoms with Crippen molar-refractivity contribution in [1.82, 2.24) is 20.4 Å². The van der Waals surface area contributed by atoms with Gasteiger partial charge in [0.1, 0.15) is 5.75 Å². The molecule has 0 aliphatic heterocycles. The Bertz CT molecular complexity index is 744. The molecule has 0 bridgehead atoms. The minimum absolute atomic E-state index is 0.0834. The predicted molar refractivity (Wildman–Crippen MR) is 113 cm³/mol. The van der Waals surface area contributed by atoms with Gasteiger partial charge in [0, 0.05) is 19.6 Å². The summed E-state index contributed by atoms with van der Waals surface area (Å²) in [7, 11) is 9.75. The lowest BCUT2D eigenvalue weighted by Crippen LogP contribution is -2.40. The number of likely N-dealkylation sites (N-methyl/N-ethyl adjacent to an activating group) is 1. The number of methoxy groups -OCH3 is 1. The van der Waals surface area contributed by atoms with Crippen molar-refractivity contribution in [3.05, 3.63) is 65.2 Å².